The Labute approximate surface area is 78.5 Å². The van der Waals surface area contributed by atoms with Gasteiger partial charge in [0.15, 0.2) is 0 Å². The number of amides is 1. The van der Waals surface area contributed by atoms with Gasteiger partial charge in [-0.05, 0) is 19.3 Å². The van der Waals surface area contributed by atoms with E-state index in [-0.39, 0.29) is 18.1 Å². The molecule has 4 heteroatoms. The van der Waals surface area contributed by atoms with Gasteiger partial charge in [-0.15, -0.1) is 0 Å². The highest BCUT2D eigenvalue weighted by Gasteiger charge is 2.43. The van der Waals surface area contributed by atoms with E-state index in [1.807, 2.05) is 6.92 Å². The van der Waals surface area contributed by atoms with Crippen molar-refractivity contribution < 1.29 is 9.90 Å². The highest BCUT2D eigenvalue weighted by atomic mass is 16.3. The van der Waals surface area contributed by atoms with Crippen LogP contribution in [0, 0.1) is 0 Å². The maximum absolute atomic E-state index is 11.4. The number of hydrogen-bond acceptors (Lipinski definition) is 3. The molecule has 0 saturated heterocycles. The molecule has 0 radical (unpaired) electrons. The van der Waals surface area contributed by atoms with E-state index < -0.39 is 6.04 Å². The van der Waals surface area contributed by atoms with Crippen molar-refractivity contribution >= 4 is 5.91 Å². The zero-order valence-corrected chi connectivity index (χ0v) is 8.05. The van der Waals surface area contributed by atoms with Crippen LogP contribution in [0.25, 0.3) is 0 Å². The quantitative estimate of drug-likeness (QED) is 0.554. The summed E-state index contributed by atoms with van der Waals surface area (Å²) in [4.78, 5) is 11.4. The maximum atomic E-state index is 11.4. The first-order valence-electron chi connectivity index (χ1n) is 4.82. The van der Waals surface area contributed by atoms with Crippen molar-refractivity contribution in [1.29, 1.82) is 0 Å². The van der Waals surface area contributed by atoms with Gasteiger partial charge in [0.2, 0.25) is 5.91 Å². The molecule has 0 aromatic rings. The average molecular weight is 186 g/mol. The van der Waals surface area contributed by atoms with Crippen LogP contribution in [0.15, 0.2) is 0 Å². The topological polar surface area (TPSA) is 75.4 Å². The zero-order valence-electron chi connectivity index (χ0n) is 8.05. The van der Waals surface area contributed by atoms with Crippen LogP contribution in [0.5, 0.6) is 0 Å². The highest BCUT2D eigenvalue weighted by Crippen LogP contribution is 2.34. The van der Waals surface area contributed by atoms with E-state index >= 15 is 0 Å². The van der Waals surface area contributed by atoms with Crippen LogP contribution in [-0.2, 0) is 4.79 Å². The molecular weight excluding hydrogens is 168 g/mol. The van der Waals surface area contributed by atoms with Crippen molar-refractivity contribution in [1.82, 2.24) is 5.32 Å². The molecule has 1 atom stereocenters. The molecule has 13 heavy (non-hydrogen) atoms. The maximum Gasteiger partial charge on any atom is 0.237 e. The van der Waals surface area contributed by atoms with E-state index in [2.05, 4.69) is 5.32 Å². The number of aliphatic hydroxyl groups is 1. The van der Waals surface area contributed by atoms with Crippen LogP contribution in [-0.4, -0.2) is 29.2 Å². The number of aliphatic hydroxyl groups excluding tert-OH is 1. The Morgan fingerprint density at radius 2 is 2.31 bits per heavy atom. The van der Waals surface area contributed by atoms with E-state index in [0.717, 1.165) is 19.3 Å². The van der Waals surface area contributed by atoms with Crippen LogP contribution >= 0.6 is 0 Å². The Morgan fingerprint density at radius 1 is 1.69 bits per heavy atom. The summed E-state index contributed by atoms with van der Waals surface area (Å²) in [5.74, 6) is -0.131. The lowest BCUT2D eigenvalue weighted by atomic mass is 10.1. The predicted octanol–water partition coefficient (Wildman–Crippen LogP) is -0.245. The largest absolute Gasteiger partial charge is 0.394 e. The van der Waals surface area contributed by atoms with Crippen molar-refractivity contribution in [3.63, 3.8) is 0 Å². The molecule has 1 amide bonds. The number of hydrogen-bond donors (Lipinski definition) is 3. The first kappa shape index (κ1) is 10.5. The molecule has 1 rings (SSSR count). The molecule has 1 aliphatic carbocycles. The fourth-order valence-electron chi connectivity index (χ4n) is 1.27. The second-order valence-corrected chi connectivity index (χ2v) is 3.82. The minimum absolute atomic E-state index is 0.0254. The smallest absolute Gasteiger partial charge is 0.237 e. The molecule has 1 fully saturated rings. The average Bonchev–Trinajstić information content (AvgIpc) is 2.86. The van der Waals surface area contributed by atoms with E-state index in [1.165, 1.54) is 0 Å². The lowest BCUT2D eigenvalue weighted by Crippen LogP contribution is -2.48. The molecule has 0 aromatic carbocycles. The third-order valence-corrected chi connectivity index (χ3v) is 2.48. The third-order valence-electron chi connectivity index (χ3n) is 2.48. The molecule has 1 saturated carbocycles. The minimum Gasteiger partial charge on any atom is -0.394 e. The molecule has 4 N–H and O–H groups in total. The van der Waals surface area contributed by atoms with Gasteiger partial charge in [-0.3, -0.25) is 4.79 Å². The summed E-state index contributed by atoms with van der Waals surface area (Å²) in [6, 6.07) is -0.422. The number of nitrogens with one attached hydrogen (secondary N) is 1. The van der Waals surface area contributed by atoms with Gasteiger partial charge in [-0.2, -0.15) is 0 Å². The Balaban J connectivity index is 2.32. The summed E-state index contributed by atoms with van der Waals surface area (Å²) in [5, 5.41) is 11.7. The van der Waals surface area contributed by atoms with E-state index in [0.29, 0.717) is 6.42 Å². The van der Waals surface area contributed by atoms with E-state index in [9.17, 15) is 4.79 Å². The van der Waals surface area contributed by atoms with Crippen molar-refractivity contribution in [3.8, 4) is 0 Å². The first-order valence-corrected chi connectivity index (χ1v) is 4.82. The lowest BCUT2D eigenvalue weighted by molar-refractivity contribution is -0.123. The zero-order chi connectivity index (χ0) is 9.90. The standard InChI is InChI=1S/C9H18N2O2/c1-2-3-7(10)8(13)11-9(6-12)4-5-9/h7,12H,2-6,10H2,1H3,(H,11,13). The molecular formula is C9H18N2O2. The van der Waals surface area contributed by atoms with Gasteiger partial charge in [-0.1, -0.05) is 13.3 Å². The summed E-state index contributed by atoms with van der Waals surface area (Å²) < 4.78 is 0. The van der Waals surface area contributed by atoms with Gasteiger partial charge in [0.1, 0.15) is 0 Å². The number of carbonyl (C=O) groups is 1. The van der Waals surface area contributed by atoms with Crippen molar-refractivity contribution in [2.45, 2.75) is 44.2 Å². The molecule has 76 valence electrons. The summed E-state index contributed by atoms with van der Waals surface area (Å²) >= 11 is 0. The summed E-state index contributed by atoms with van der Waals surface area (Å²) in [6.45, 7) is 2.02. The molecule has 0 bridgehead atoms. The minimum atomic E-state index is -0.422. The summed E-state index contributed by atoms with van der Waals surface area (Å²) in [7, 11) is 0. The first-order chi connectivity index (χ1) is 6.13. The molecule has 4 nitrogen and oxygen atoms in total. The monoisotopic (exact) mass is 186 g/mol. The second kappa shape index (κ2) is 4.07. The van der Waals surface area contributed by atoms with Gasteiger partial charge in [0.25, 0.3) is 0 Å². The summed E-state index contributed by atoms with van der Waals surface area (Å²) in [6.07, 6.45) is 3.34. The van der Waals surface area contributed by atoms with Gasteiger partial charge in [0.05, 0.1) is 18.2 Å². The van der Waals surface area contributed by atoms with Crippen LogP contribution in [0.1, 0.15) is 32.6 Å². The second-order valence-electron chi connectivity index (χ2n) is 3.82. The Kier molecular flexibility index (Phi) is 3.27. The van der Waals surface area contributed by atoms with Crippen LogP contribution in [0.3, 0.4) is 0 Å². The van der Waals surface area contributed by atoms with Crippen LogP contribution < -0.4 is 11.1 Å². The Morgan fingerprint density at radius 3 is 2.69 bits per heavy atom. The number of nitrogens with two attached hydrogens (primary N) is 1. The number of rotatable bonds is 5. The SMILES string of the molecule is CCCC(N)C(=O)NC1(CO)CC1. The van der Waals surface area contributed by atoms with Gasteiger partial charge >= 0.3 is 0 Å². The van der Waals surface area contributed by atoms with Gasteiger partial charge in [-0.25, -0.2) is 0 Å². The molecule has 0 spiro atoms. The molecule has 0 heterocycles. The molecule has 0 aliphatic heterocycles. The third kappa shape index (κ3) is 2.67. The predicted molar refractivity (Wildman–Crippen MR) is 50.1 cm³/mol. The van der Waals surface area contributed by atoms with Crippen LogP contribution in [0.4, 0.5) is 0 Å². The molecule has 1 unspecified atom stereocenters. The fraction of sp³-hybridized carbons (Fsp3) is 0.889. The Hall–Kier alpha value is -0.610. The van der Waals surface area contributed by atoms with Crippen molar-refractivity contribution in [2.24, 2.45) is 5.73 Å². The Bertz CT molecular complexity index is 190. The van der Waals surface area contributed by atoms with Crippen molar-refractivity contribution in [3.05, 3.63) is 0 Å². The van der Waals surface area contributed by atoms with E-state index in [1.54, 1.807) is 0 Å². The van der Waals surface area contributed by atoms with Crippen LogP contribution in [0.2, 0.25) is 0 Å². The fourth-order valence-corrected chi connectivity index (χ4v) is 1.27. The normalized spacial score (nSPS) is 20.8. The summed E-state index contributed by atoms with van der Waals surface area (Å²) in [5.41, 5.74) is 5.29. The lowest BCUT2D eigenvalue weighted by Gasteiger charge is -2.17. The van der Waals surface area contributed by atoms with E-state index in [4.69, 9.17) is 10.8 Å². The number of carbonyl (C=O) groups excluding carboxylic acids is 1. The molecule has 0 aromatic heterocycles. The van der Waals surface area contributed by atoms with Gasteiger partial charge < -0.3 is 16.2 Å². The van der Waals surface area contributed by atoms with Crippen molar-refractivity contribution in [2.75, 3.05) is 6.61 Å². The molecule has 1 aliphatic rings. The highest BCUT2D eigenvalue weighted by molar-refractivity contribution is 5.82. The van der Waals surface area contributed by atoms with Gasteiger partial charge in [0, 0.05) is 0 Å².